The number of hydrogen-bond acceptors (Lipinski definition) is 4. The number of para-hydroxylation sites is 1. The molecule has 0 radical (unpaired) electrons. The van der Waals surface area contributed by atoms with E-state index < -0.39 is 5.92 Å². The van der Waals surface area contributed by atoms with Crippen LogP contribution in [0.4, 0.5) is 5.69 Å². The molecule has 0 spiro atoms. The lowest BCUT2D eigenvalue weighted by atomic mass is 10.0. The molecule has 0 unspecified atom stereocenters. The molecule has 2 heterocycles. The highest BCUT2D eigenvalue weighted by atomic mass is 32.1. The number of hydrazone groups is 1. The van der Waals surface area contributed by atoms with Crippen LogP contribution in [0.5, 0.6) is 0 Å². The summed E-state index contributed by atoms with van der Waals surface area (Å²) in [5.74, 6) is -1.10. The molecule has 1 saturated heterocycles. The van der Waals surface area contributed by atoms with E-state index in [0.717, 1.165) is 0 Å². The molecule has 3 rings (SSSR count). The molecule has 0 aromatic heterocycles. The molecule has 2 N–H and O–H groups in total. The molecule has 21 heavy (non-hydrogen) atoms. The minimum atomic E-state index is -0.570. The van der Waals surface area contributed by atoms with E-state index in [-0.39, 0.29) is 22.6 Å². The molecule has 7 heteroatoms. The summed E-state index contributed by atoms with van der Waals surface area (Å²) in [5.41, 5.74) is 1.61. The van der Waals surface area contributed by atoms with Gasteiger partial charge in [0.2, 0.25) is 0 Å². The molecule has 6 nitrogen and oxygen atoms in total. The fourth-order valence-corrected chi connectivity index (χ4v) is 2.39. The van der Waals surface area contributed by atoms with Crippen LogP contribution in [-0.4, -0.2) is 22.6 Å². The van der Waals surface area contributed by atoms with Crippen molar-refractivity contribution in [3.8, 4) is 0 Å². The zero-order valence-electron chi connectivity index (χ0n) is 11.2. The van der Waals surface area contributed by atoms with Gasteiger partial charge in [-0.05, 0) is 37.4 Å². The molecule has 2 aliphatic rings. The summed E-state index contributed by atoms with van der Waals surface area (Å²) < 4.78 is 0. The van der Waals surface area contributed by atoms with Gasteiger partial charge in [-0.15, -0.1) is 0 Å². The van der Waals surface area contributed by atoms with Crippen molar-refractivity contribution in [2.75, 3.05) is 5.01 Å². The molecule has 1 atom stereocenters. The summed E-state index contributed by atoms with van der Waals surface area (Å²) in [7, 11) is 0. The third-order valence-corrected chi connectivity index (χ3v) is 3.44. The number of rotatable bonds is 2. The number of nitrogens with zero attached hydrogens (tertiary/aromatic N) is 2. The van der Waals surface area contributed by atoms with Gasteiger partial charge in [0.05, 0.1) is 11.4 Å². The lowest BCUT2D eigenvalue weighted by Gasteiger charge is -2.12. The molecular weight excluding hydrogens is 288 g/mol. The highest BCUT2D eigenvalue weighted by molar-refractivity contribution is 7.80. The van der Waals surface area contributed by atoms with Crippen molar-refractivity contribution in [2.24, 2.45) is 11.0 Å². The Balaban J connectivity index is 1.88. The fourth-order valence-electron chi connectivity index (χ4n) is 2.19. The Kier molecular flexibility index (Phi) is 3.26. The van der Waals surface area contributed by atoms with Crippen LogP contribution in [0.2, 0.25) is 0 Å². The van der Waals surface area contributed by atoms with E-state index in [1.165, 1.54) is 5.01 Å². The fraction of sp³-hybridized carbons (Fsp3) is 0.143. The van der Waals surface area contributed by atoms with Crippen molar-refractivity contribution in [3.63, 3.8) is 0 Å². The van der Waals surface area contributed by atoms with Crippen LogP contribution in [0, 0.1) is 5.92 Å². The minimum absolute atomic E-state index is 0.196. The smallest absolute Gasteiger partial charge is 0.273 e. The zero-order chi connectivity index (χ0) is 15.0. The molecule has 2 amide bonds. The van der Waals surface area contributed by atoms with Gasteiger partial charge in [-0.25, -0.2) is 0 Å². The summed E-state index contributed by atoms with van der Waals surface area (Å²) in [6, 6.07) is 9.15. The van der Waals surface area contributed by atoms with Gasteiger partial charge in [-0.2, -0.15) is 10.1 Å². The lowest BCUT2D eigenvalue weighted by molar-refractivity contribution is -0.118. The number of nitrogens with one attached hydrogen (secondary N) is 2. The van der Waals surface area contributed by atoms with E-state index in [0.29, 0.717) is 11.4 Å². The largest absolute Gasteiger partial charge is 0.328 e. The average Bonchev–Trinajstić information content (AvgIpc) is 2.93. The lowest BCUT2D eigenvalue weighted by Crippen LogP contribution is -2.27. The topological polar surface area (TPSA) is 73.8 Å². The van der Waals surface area contributed by atoms with E-state index in [1.807, 2.05) is 18.2 Å². The monoisotopic (exact) mass is 300 g/mol. The van der Waals surface area contributed by atoms with Crippen LogP contribution >= 0.6 is 12.2 Å². The maximum Gasteiger partial charge on any atom is 0.273 e. The predicted molar refractivity (Wildman–Crippen MR) is 82.5 cm³/mol. The molecule has 0 bridgehead atoms. The Morgan fingerprint density at radius 2 is 1.95 bits per heavy atom. The van der Waals surface area contributed by atoms with Gasteiger partial charge in [0.25, 0.3) is 11.8 Å². The number of anilines is 1. The second-order valence-corrected chi connectivity index (χ2v) is 5.10. The Labute approximate surface area is 126 Å². The van der Waals surface area contributed by atoms with Gasteiger partial charge < -0.3 is 5.32 Å². The van der Waals surface area contributed by atoms with E-state index in [1.54, 1.807) is 25.1 Å². The highest BCUT2D eigenvalue weighted by Crippen LogP contribution is 2.25. The standard InChI is InChI=1S/C14H12N4O2S/c1-8-10(7-11-12(19)16-14(21)15-11)13(20)18(17-8)9-5-3-2-4-6-9/h2-7,10H,1H3,(H2,15,16,19,21)/b11-7-/t10-/m0/s1. The number of thiocarbonyl (C=S) groups is 1. The molecule has 2 aliphatic heterocycles. The summed E-state index contributed by atoms with van der Waals surface area (Å²) >= 11 is 4.86. The normalized spacial score (nSPS) is 23.4. The van der Waals surface area contributed by atoms with Gasteiger partial charge in [0.15, 0.2) is 5.11 Å². The van der Waals surface area contributed by atoms with E-state index in [4.69, 9.17) is 12.2 Å². The second kappa shape index (κ2) is 5.10. The van der Waals surface area contributed by atoms with Crippen LogP contribution in [0.15, 0.2) is 47.2 Å². The summed E-state index contributed by atoms with van der Waals surface area (Å²) in [6.45, 7) is 1.76. The zero-order valence-corrected chi connectivity index (χ0v) is 12.0. The van der Waals surface area contributed by atoms with Crippen molar-refractivity contribution >= 4 is 40.5 Å². The predicted octanol–water partition coefficient (Wildman–Crippen LogP) is 0.913. The average molecular weight is 300 g/mol. The second-order valence-electron chi connectivity index (χ2n) is 4.69. The Morgan fingerprint density at radius 3 is 2.57 bits per heavy atom. The number of benzene rings is 1. The van der Waals surface area contributed by atoms with Crippen molar-refractivity contribution in [2.45, 2.75) is 6.92 Å². The molecule has 1 fully saturated rings. The first kappa shape index (κ1) is 13.4. The summed E-state index contributed by atoms with van der Waals surface area (Å²) in [4.78, 5) is 24.1. The minimum Gasteiger partial charge on any atom is -0.328 e. The van der Waals surface area contributed by atoms with E-state index in [2.05, 4.69) is 15.7 Å². The van der Waals surface area contributed by atoms with Crippen LogP contribution in [0.1, 0.15) is 6.92 Å². The van der Waals surface area contributed by atoms with Crippen molar-refractivity contribution in [1.29, 1.82) is 0 Å². The first-order valence-electron chi connectivity index (χ1n) is 6.34. The van der Waals surface area contributed by atoms with Gasteiger partial charge >= 0.3 is 0 Å². The molecule has 0 aliphatic carbocycles. The molecule has 0 saturated carbocycles. The summed E-state index contributed by atoms with van der Waals surface area (Å²) in [5, 5.41) is 11.1. The van der Waals surface area contributed by atoms with E-state index in [9.17, 15) is 9.59 Å². The van der Waals surface area contributed by atoms with Crippen LogP contribution in [-0.2, 0) is 9.59 Å². The molecule has 106 valence electrons. The third kappa shape index (κ3) is 2.43. The van der Waals surface area contributed by atoms with Gasteiger partial charge in [-0.1, -0.05) is 18.2 Å². The van der Waals surface area contributed by atoms with Crippen LogP contribution in [0.25, 0.3) is 0 Å². The number of carbonyl (C=O) groups is 2. The van der Waals surface area contributed by atoms with Gasteiger partial charge in [0.1, 0.15) is 11.6 Å². The van der Waals surface area contributed by atoms with Crippen molar-refractivity contribution < 1.29 is 9.59 Å². The molecule has 1 aromatic carbocycles. The highest BCUT2D eigenvalue weighted by Gasteiger charge is 2.34. The quantitative estimate of drug-likeness (QED) is 0.629. The van der Waals surface area contributed by atoms with Gasteiger partial charge in [-0.3, -0.25) is 14.9 Å². The van der Waals surface area contributed by atoms with Crippen LogP contribution in [0.3, 0.4) is 0 Å². The maximum absolute atomic E-state index is 12.5. The van der Waals surface area contributed by atoms with Crippen molar-refractivity contribution in [3.05, 3.63) is 42.1 Å². The Morgan fingerprint density at radius 1 is 1.24 bits per heavy atom. The Hall–Kier alpha value is -2.54. The first-order chi connectivity index (χ1) is 10.1. The van der Waals surface area contributed by atoms with E-state index >= 15 is 0 Å². The molecular formula is C14H12N4O2S. The maximum atomic E-state index is 12.5. The van der Waals surface area contributed by atoms with Gasteiger partial charge in [0, 0.05) is 0 Å². The number of hydrogen-bond donors (Lipinski definition) is 2. The Bertz CT molecular complexity index is 696. The third-order valence-electron chi connectivity index (χ3n) is 3.24. The number of carbonyl (C=O) groups excluding carboxylic acids is 2. The first-order valence-corrected chi connectivity index (χ1v) is 6.75. The summed E-state index contributed by atoms with van der Waals surface area (Å²) in [6.07, 6.45) is 1.55. The number of amides is 2. The molecule has 1 aromatic rings. The SMILES string of the molecule is CC1=NN(c2ccccc2)C(=O)[C@H]1/C=C1\NC(=S)NC1=O. The van der Waals surface area contributed by atoms with Crippen molar-refractivity contribution in [1.82, 2.24) is 10.6 Å². The van der Waals surface area contributed by atoms with Crippen LogP contribution < -0.4 is 15.6 Å².